The number of cyclic esters (lactones) is 1. The van der Waals surface area contributed by atoms with Crippen LogP contribution in [0.25, 0.3) is 0 Å². The van der Waals surface area contributed by atoms with Crippen molar-refractivity contribution in [2.75, 3.05) is 26.2 Å². The maximum atomic E-state index is 12.3. The molecule has 22 heavy (non-hydrogen) atoms. The van der Waals surface area contributed by atoms with E-state index < -0.39 is 11.6 Å². The van der Waals surface area contributed by atoms with Gasteiger partial charge in [-0.05, 0) is 24.8 Å². The molecule has 2 saturated heterocycles. The highest BCUT2D eigenvalue weighted by Crippen LogP contribution is 2.40. The van der Waals surface area contributed by atoms with Gasteiger partial charge in [0.05, 0.1) is 12.1 Å². The van der Waals surface area contributed by atoms with Crippen molar-refractivity contribution in [3.8, 4) is 0 Å². The van der Waals surface area contributed by atoms with Gasteiger partial charge in [0.2, 0.25) is 0 Å². The number of hydrogen-bond donors (Lipinski definition) is 1. The molecule has 1 N–H and O–H groups in total. The number of hydrogen-bond acceptors (Lipinski definition) is 3. The van der Waals surface area contributed by atoms with Crippen LogP contribution in [0.5, 0.6) is 0 Å². The molecule has 6 heteroatoms. The molecule has 2 heterocycles. The molecule has 0 aromatic heterocycles. The minimum Gasteiger partial charge on any atom is -0.465 e. The highest BCUT2D eigenvalue weighted by Gasteiger charge is 2.45. The average molecular weight is 304 g/mol. The van der Waals surface area contributed by atoms with E-state index in [4.69, 9.17) is 9.84 Å². The van der Waals surface area contributed by atoms with Crippen LogP contribution in [0, 0.1) is 0 Å². The third kappa shape index (κ3) is 2.49. The van der Waals surface area contributed by atoms with Crippen LogP contribution in [0.4, 0.5) is 9.59 Å². The van der Waals surface area contributed by atoms with E-state index >= 15 is 0 Å². The normalized spacial score (nSPS) is 21.4. The summed E-state index contributed by atoms with van der Waals surface area (Å²) in [6, 6.07) is 9.88. The molecule has 6 nitrogen and oxygen atoms in total. The monoisotopic (exact) mass is 304 g/mol. The van der Waals surface area contributed by atoms with Gasteiger partial charge in [0.25, 0.3) is 0 Å². The molecule has 1 aromatic carbocycles. The summed E-state index contributed by atoms with van der Waals surface area (Å²) in [6.45, 7) is 1.96. The number of benzene rings is 1. The van der Waals surface area contributed by atoms with Crippen LogP contribution in [0.15, 0.2) is 30.3 Å². The summed E-state index contributed by atoms with van der Waals surface area (Å²) in [4.78, 5) is 26.6. The molecule has 0 spiro atoms. The number of carboxylic acid groups (broad SMARTS) is 1. The van der Waals surface area contributed by atoms with E-state index in [-0.39, 0.29) is 6.09 Å². The van der Waals surface area contributed by atoms with Crippen molar-refractivity contribution in [2.45, 2.75) is 24.8 Å². The van der Waals surface area contributed by atoms with Gasteiger partial charge in [0, 0.05) is 19.6 Å². The van der Waals surface area contributed by atoms with Gasteiger partial charge in [0.1, 0.15) is 0 Å². The highest BCUT2D eigenvalue weighted by molar-refractivity contribution is 5.70. The summed E-state index contributed by atoms with van der Waals surface area (Å²) >= 11 is 0. The smallest absolute Gasteiger partial charge is 0.410 e. The van der Waals surface area contributed by atoms with E-state index in [0.717, 1.165) is 12.0 Å². The van der Waals surface area contributed by atoms with Crippen molar-refractivity contribution in [3.63, 3.8) is 0 Å². The predicted octanol–water partition coefficient (Wildman–Crippen LogP) is 2.50. The summed E-state index contributed by atoms with van der Waals surface area (Å²) in [5.41, 5.74) is 0.587. The predicted molar refractivity (Wildman–Crippen MR) is 79.6 cm³/mol. The number of nitrogens with zero attached hydrogens (tertiary/aromatic N) is 2. The zero-order chi connectivity index (χ0) is 15.6. The van der Waals surface area contributed by atoms with Gasteiger partial charge in [0.15, 0.2) is 0 Å². The summed E-state index contributed by atoms with van der Waals surface area (Å²) < 4.78 is 5.22. The van der Waals surface area contributed by atoms with Gasteiger partial charge < -0.3 is 14.7 Å². The molecule has 3 rings (SSSR count). The Hall–Kier alpha value is -2.24. The number of piperidine rings is 1. The second kappa shape index (κ2) is 5.87. The lowest BCUT2D eigenvalue weighted by Crippen LogP contribution is -2.57. The number of carbonyl (C=O) groups excluding carboxylic acids is 1. The molecule has 0 bridgehead atoms. The molecule has 0 unspecified atom stereocenters. The summed E-state index contributed by atoms with van der Waals surface area (Å²) in [5, 5.41) is 9.16. The lowest BCUT2D eigenvalue weighted by molar-refractivity contribution is -0.0108. The second-order valence-corrected chi connectivity index (χ2v) is 5.79. The third-order valence-electron chi connectivity index (χ3n) is 4.66. The SMILES string of the molecule is O=C(O)N1CCC(c2ccccc2)(N2CCCOC2=O)CC1. The molecule has 118 valence electrons. The van der Waals surface area contributed by atoms with Gasteiger partial charge in [-0.25, -0.2) is 9.59 Å². The standard InChI is InChI=1S/C16H20N2O4/c19-14(20)17-10-7-16(8-11-17,13-5-2-1-3-6-13)18-9-4-12-22-15(18)21/h1-3,5-6H,4,7-12H2,(H,19,20). The largest absolute Gasteiger partial charge is 0.465 e. The molecule has 2 aliphatic heterocycles. The Bertz CT molecular complexity index is 553. The van der Waals surface area contributed by atoms with Crippen LogP contribution >= 0.6 is 0 Å². The van der Waals surface area contributed by atoms with E-state index in [1.807, 2.05) is 30.3 Å². The van der Waals surface area contributed by atoms with Gasteiger partial charge >= 0.3 is 12.2 Å². The van der Waals surface area contributed by atoms with Crippen LogP contribution in [0.1, 0.15) is 24.8 Å². The van der Waals surface area contributed by atoms with Crippen LogP contribution in [-0.2, 0) is 10.3 Å². The maximum Gasteiger partial charge on any atom is 0.410 e. The number of ether oxygens (including phenoxy) is 1. The zero-order valence-corrected chi connectivity index (χ0v) is 12.4. The van der Waals surface area contributed by atoms with Gasteiger partial charge in [-0.15, -0.1) is 0 Å². The lowest BCUT2D eigenvalue weighted by Gasteiger charge is -2.49. The van der Waals surface area contributed by atoms with Gasteiger partial charge in [-0.3, -0.25) is 4.90 Å². The molecule has 0 aliphatic carbocycles. The van der Waals surface area contributed by atoms with E-state index in [1.165, 1.54) is 4.90 Å². The number of amides is 2. The molecule has 1 aromatic rings. The van der Waals surface area contributed by atoms with E-state index in [9.17, 15) is 9.59 Å². The first kappa shape index (κ1) is 14.7. The van der Waals surface area contributed by atoms with Crippen molar-refractivity contribution in [1.82, 2.24) is 9.80 Å². The maximum absolute atomic E-state index is 12.3. The average Bonchev–Trinajstić information content (AvgIpc) is 2.56. The Balaban J connectivity index is 1.93. The Morgan fingerprint density at radius 1 is 1.14 bits per heavy atom. The minimum absolute atomic E-state index is 0.293. The molecular weight excluding hydrogens is 284 g/mol. The Kier molecular flexibility index (Phi) is 3.92. The van der Waals surface area contributed by atoms with Crippen LogP contribution in [-0.4, -0.2) is 53.3 Å². The van der Waals surface area contributed by atoms with Crippen LogP contribution in [0.2, 0.25) is 0 Å². The quantitative estimate of drug-likeness (QED) is 0.911. The van der Waals surface area contributed by atoms with Crippen molar-refractivity contribution in [1.29, 1.82) is 0 Å². The molecule has 0 saturated carbocycles. The first-order chi connectivity index (χ1) is 10.6. The summed E-state index contributed by atoms with van der Waals surface area (Å²) in [7, 11) is 0. The zero-order valence-electron chi connectivity index (χ0n) is 12.4. The topological polar surface area (TPSA) is 70.1 Å². The van der Waals surface area contributed by atoms with Crippen LogP contribution in [0.3, 0.4) is 0 Å². The van der Waals surface area contributed by atoms with Gasteiger partial charge in [-0.1, -0.05) is 30.3 Å². The van der Waals surface area contributed by atoms with Crippen molar-refractivity contribution < 1.29 is 19.4 Å². The van der Waals surface area contributed by atoms with Crippen LogP contribution < -0.4 is 0 Å². The number of carbonyl (C=O) groups is 2. The lowest BCUT2D eigenvalue weighted by atomic mass is 9.79. The second-order valence-electron chi connectivity index (χ2n) is 5.79. The van der Waals surface area contributed by atoms with E-state index in [0.29, 0.717) is 39.1 Å². The van der Waals surface area contributed by atoms with Crippen molar-refractivity contribution in [2.24, 2.45) is 0 Å². The van der Waals surface area contributed by atoms with E-state index in [2.05, 4.69) is 0 Å². The Labute approximate surface area is 129 Å². The molecule has 2 amide bonds. The summed E-state index contributed by atoms with van der Waals surface area (Å²) in [6.07, 6.45) is 0.807. The number of likely N-dealkylation sites (tertiary alicyclic amines) is 1. The molecule has 0 atom stereocenters. The van der Waals surface area contributed by atoms with Crippen molar-refractivity contribution >= 4 is 12.2 Å². The molecular formula is C16H20N2O4. The minimum atomic E-state index is -0.900. The molecule has 0 radical (unpaired) electrons. The summed E-state index contributed by atoms with van der Waals surface area (Å²) in [5.74, 6) is 0. The first-order valence-corrected chi connectivity index (χ1v) is 7.61. The third-order valence-corrected chi connectivity index (χ3v) is 4.66. The first-order valence-electron chi connectivity index (χ1n) is 7.61. The Morgan fingerprint density at radius 3 is 2.41 bits per heavy atom. The molecule has 2 fully saturated rings. The van der Waals surface area contributed by atoms with E-state index in [1.54, 1.807) is 4.90 Å². The Morgan fingerprint density at radius 2 is 1.82 bits per heavy atom. The van der Waals surface area contributed by atoms with Gasteiger partial charge in [-0.2, -0.15) is 0 Å². The highest BCUT2D eigenvalue weighted by atomic mass is 16.6. The fourth-order valence-corrected chi connectivity index (χ4v) is 3.47. The number of rotatable bonds is 2. The van der Waals surface area contributed by atoms with Crippen molar-refractivity contribution in [3.05, 3.63) is 35.9 Å². The fourth-order valence-electron chi connectivity index (χ4n) is 3.47. The fraction of sp³-hybridized carbons (Fsp3) is 0.500. The molecule has 2 aliphatic rings.